The average Bonchev–Trinajstić information content (AvgIpc) is 2.40. The third-order valence-electron chi connectivity index (χ3n) is 4.88. The van der Waals surface area contributed by atoms with E-state index in [0.29, 0.717) is 11.7 Å². The first-order chi connectivity index (χ1) is 9.31. The van der Waals surface area contributed by atoms with Gasteiger partial charge in [-0.25, -0.2) is 0 Å². The molecular weight excluding hydrogens is 236 g/mol. The molecule has 0 atom stereocenters. The van der Waals surface area contributed by atoms with Crippen LogP contribution in [0.3, 0.4) is 0 Å². The highest BCUT2D eigenvalue weighted by molar-refractivity contribution is 5.91. The zero-order valence-electron chi connectivity index (χ0n) is 11.4. The summed E-state index contributed by atoms with van der Waals surface area (Å²) in [5.41, 5.74) is 1.08. The van der Waals surface area contributed by atoms with Gasteiger partial charge in [0, 0.05) is 19.6 Å². The van der Waals surface area contributed by atoms with Crippen LogP contribution in [0.2, 0.25) is 0 Å². The number of hydrogen-bond acceptors (Lipinski definition) is 2. The first-order valence-corrected chi connectivity index (χ1v) is 7.48. The minimum absolute atomic E-state index is 0.153. The van der Waals surface area contributed by atoms with Gasteiger partial charge in [-0.1, -0.05) is 36.8 Å². The number of Topliss-reactive ketones (excluding diaryl/α,β-unsaturated/α-hetero) is 1. The molecule has 1 aromatic carbocycles. The lowest BCUT2D eigenvalue weighted by atomic mass is 9.60. The highest BCUT2D eigenvalue weighted by atomic mass is 16.5. The first-order valence-electron chi connectivity index (χ1n) is 7.48. The van der Waals surface area contributed by atoms with Crippen molar-refractivity contribution in [1.29, 1.82) is 0 Å². The lowest BCUT2D eigenvalue weighted by Gasteiger charge is -2.42. The Hall–Kier alpha value is -1.15. The summed E-state index contributed by atoms with van der Waals surface area (Å²) < 4.78 is 5.38. The number of ketones is 1. The molecule has 0 bridgehead atoms. The number of rotatable bonds is 4. The van der Waals surface area contributed by atoms with E-state index in [2.05, 4.69) is 24.3 Å². The summed E-state index contributed by atoms with van der Waals surface area (Å²) in [6, 6.07) is 10.4. The highest BCUT2D eigenvalue weighted by Gasteiger charge is 2.45. The maximum absolute atomic E-state index is 12.8. The van der Waals surface area contributed by atoms with E-state index in [0.717, 1.165) is 45.3 Å². The van der Waals surface area contributed by atoms with E-state index in [1.807, 2.05) is 6.07 Å². The van der Waals surface area contributed by atoms with E-state index in [9.17, 15) is 4.79 Å². The van der Waals surface area contributed by atoms with Gasteiger partial charge in [0.2, 0.25) is 0 Å². The van der Waals surface area contributed by atoms with Gasteiger partial charge in [-0.15, -0.1) is 0 Å². The molecule has 19 heavy (non-hydrogen) atoms. The molecule has 0 unspecified atom stereocenters. The molecule has 1 heterocycles. The highest BCUT2D eigenvalue weighted by Crippen LogP contribution is 2.46. The van der Waals surface area contributed by atoms with Gasteiger partial charge in [0.25, 0.3) is 0 Å². The fourth-order valence-corrected chi connectivity index (χ4v) is 3.42. The summed E-state index contributed by atoms with van der Waals surface area (Å²) in [7, 11) is 0. The zero-order chi connectivity index (χ0) is 13.1. The Kier molecular flexibility index (Phi) is 3.69. The van der Waals surface area contributed by atoms with Crippen molar-refractivity contribution in [2.24, 2.45) is 5.92 Å². The summed E-state index contributed by atoms with van der Waals surface area (Å²) in [6.07, 6.45) is 6.12. The van der Waals surface area contributed by atoms with Crippen molar-refractivity contribution in [3.05, 3.63) is 35.9 Å². The second-order valence-electron chi connectivity index (χ2n) is 5.98. The van der Waals surface area contributed by atoms with Crippen LogP contribution >= 0.6 is 0 Å². The Morgan fingerprint density at radius 2 is 1.84 bits per heavy atom. The largest absolute Gasteiger partial charge is 0.381 e. The topological polar surface area (TPSA) is 26.3 Å². The van der Waals surface area contributed by atoms with Gasteiger partial charge in [0.15, 0.2) is 0 Å². The molecule has 0 N–H and O–H groups in total. The molecule has 2 heteroatoms. The van der Waals surface area contributed by atoms with Gasteiger partial charge < -0.3 is 4.74 Å². The Morgan fingerprint density at radius 1 is 1.16 bits per heavy atom. The van der Waals surface area contributed by atoms with Gasteiger partial charge in [-0.3, -0.25) is 4.79 Å². The van der Waals surface area contributed by atoms with Crippen LogP contribution in [0.5, 0.6) is 0 Å². The summed E-state index contributed by atoms with van der Waals surface area (Å²) in [5.74, 6) is 1.01. The summed E-state index contributed by atoms with van der Waals surface area (Å²) in [4.78, 5) is 12.8. The molecule has 2 aliphatic rings. The minimum atomic E-state index is -0.153. The van der Waals surface area contributed by atoms with Crippen molar-refractivity contribution in [1.82, 2.24) is 0 Å². The van der Waals surface area contributed by atoms with E-state index in [1.54, 1.807) is 0 Å². The normalized spacial score (nSPS) is 22.7. The molecule has 2 nitrogen and oxygen atoms in total. The summed E-state index contributed by atoms with van der Waals surface area (Å²) in [5, 5.41) is 0. The Bertz CT molecular complexity index is 428. The second kappa shape index (κ2) is 5.46. The van der Waals surface area contributed by atoms with Crippen molar-refractivity contribution in [3.8, 4) is 0 Å². The van der Waals surface area contributed by atoms with E-state index in [4.69, 9.17) is 4.74 Å². The molecule has 3 rings (SSSR count). The molecule has 0 aromatic heterocycles. The molecule has 1 saturated heterocycles. The van der Waals surface area contributed by atoms with Crippen LogP contribution in [0.4, 0.5) is 0 Å². The minimum Gasteiger partial charge on any atom is -0.381 e. The maximum Gasteiger partial charge on any atom is 0.143 e. The van der Waals surface area contributed by atoms with Crippen LogP contribution in [0.15, 0.2) is 30.3 Å². The predicted molar refractivity (Wildman–Crippen MR) is 75.1 cm³/mol. The molecule has 2 fully saturated rings. The maximum atomic E-state index is 12.8. The van der Waals surface area contributed by atoms with Crippen LogP contribution in [-0.2, 0) is 14.9 Å². The van der Waals surface area contributed by atoms with Crippen LogP contribution in [0.1, 0.15) is 44.1 Å². The smallest absolute Gasteiger partial charge is 0.143 e. The molecule has 0 amide bonds. The van der Waals surface area contributed by atoms with Crippen molar-refractivity contribution in [3.63, 3.8) is 0 Å². The predicted octanol–water partition coefficient (Wildman–Crippen LogP) is 3.49. The molecule has 1 aliphatic heterocycles. The van der Waals surface area contributed by atoms with Crippen molar-refractivity contribution in [2.45, 2.75) is 43.9 Å². The lowest BCUT2D eigenvalue weighted by Crippen LogP contribution is -2.43. The van der Waals surface area contributed by atoms with Gasteiger partial charge in [0.05, 0.1) is 5.41 Å². The van der Waals surface area contributed by atoms with Gasteiger partial charge in [0.1, 0.15) is 5.78 Å². The number of hydrogen-bond donors (Lipinski definition) is 0. The van der Waals surface area contributed by atoms with Crippen LogP contribution in [0.25, 0.3) is 0 Å². The van der Waals surface area contributed by atoms with Crippen molar-refractivity contribution < 1.29 is 9.53 Å². The molecule has 0 spiro atoms. The average molecular weight is 258 g/mol. The number of benzene rings is 1. The summed E-state index contributed by atoms with van der Waals surface area (Å²) in [6.45, 7) is 1.66. The first kappa shape index (κ1) is 12.9. The standard InChI is InChI=1S/C17H22O2/c18-16(13-14-7-11-19-12-8-14)17(9-4-10-17)15-5-2-1-3-6-15/h1-3,5-6,14H,4,7-13H2. The molecule has 1 saturated carbocycles. The number of ether oxygens (including phenoxy) is 1. The quantitative estimate of drug-likeness (QED) is 0.826. The van der Waals surface area contributed by atoms with Gasteiger partial charge in [-0.05, 0) is 37.2 Å². The molecule has 1 aliphatic carbocycles. The third kappa shape index (κ3) is 2.46. The van der Waals surface area contributed by atoms with Gasteiger partial charge >= 0.3 is 0 Å². The SMILES string of the molecule is O=C(CC1CCOCC1)C1(c2ccccc2)CCC1. The molecule has 1 aromatic rings. The van der Waals surface area contributed by atoms with E-state index in [-0.39, 0.29) is 5.41 Å². The summed E-state index contributed by atoms with van der Waals surface area (Å²) >= 11 is 0. The monoisotopic (exact) mass is 258 g/mol. The van der Waals surface area contributed by atoms with Gasteiger partial charge in [-0.2, -0.15) is 0 Å². The van der Waals surface area contributed by atoms with Crippen LogP contribution in [0, 0.1) is 5.92 Å². The Labute approximate surface area is 115 Å². The van der Waals surface area contributed by atoms with Crippen LogP contribution < -0.4 is 0 Å². The molecular formula is C17H22O2. The van der Waals surface area contributed by atoms with Crippen LogP contribution in [-0.4, -0.2) is 19.0 Å². The fraction of sp³-hybridized carbons (Fsp3) is 0.588. The third-order valence-corrected chi connectivity index (χ3v) is 4.88. The number of carbonyl (C=O) groups excluding carboxylic acids is 1. The Morgan fingerprint density at radius 3 is 2.42 bits per heavy atom. The van der Waals surface area contributed by atoms with E-state index < -0.39 is 0 Å². The molecule has 0 radical (unpaired) electrons. The lowest BCUT2D eigenvalue weighted by molar-refractivity contribution is -0.129. The number of carbonyl (C=O) groups is 1. The van der Waals surface area contributed by atoms with E-state index in [1.165, 1.54) is 12.0 Å². The van der Waals surface area contributed by atoms with Crippen molar-refractivity contribution >= 4 is 5.78 Å². The van der Waals surface area contributed by atoms with E-state index >= 15 is 0 Å². The fourth-order valence-electron chi connectivity index (χ4n) is 3.42. The second-order valence-corrected chi connectivity index (χ2v) is 5.98. The zero-order valence-corrected chi connectivity index (χ0v) is 11.4. The molecule has 102 valence electrons. The Balaban J connectivity index is 1.73. The van der Waals surface area contributed by atoms with Crippen molar-refractivity contribution in [2.75, 3.05) is 13.2 Å².